The predicted molar refractivity (Wildman–Crippen MR) is 161 cm³/mol. The summed E-state index contributed by atoms with van der Waals surface area (Å²) in [6.45, 7) is 2.83. The van der Waals surface area contributed by atoms with Crippen LogP contribution in [0.15, 0.2) is 91.0 Å². The van der Waals surface area contributed by atoms with Gasteiger partial charge in [0.2, 0.25) is 6.29 Å². The third-order valence-electron chi connectivity index (χ3n) is 7.68. The van der Waals surface area contributed by atoms with Crippen molar-refractivity contribution >= 4 is 15.4 Å². The van der Waals surface area contributed by atoms with Gasteiger partial charge in [0.1, 0.15) is 24.4 Å². The molecule has 1 heterocycles. The van der Waals surface area contributed by atoms with Crippen LogP contribution in [0.4, 0.5) is 0 Å². The van der Waals surface area contributed by atoms with Crippen molar-refractivity contribution in [1.82, 2.24) is 0 Å². The highest BCUT2D eigenvalue weighted by Crippen LogP contribution is 2.52. The van der Waals surface area contributed by atoms with Crippen molar-refractivity contribution in [2.24, 2.45) is 0 Å². The van der Waals surface area contributed by atoms with Crippen molar-refractivity contribution in [3.8, 4) is 0 Å². The highest BCUT2D eigenvalue weighted by Gasteiger charge is 2.50. The van der Waals surface area contributed by atoms with Crippen LogP contribution < -0.4 is 4.89 Å². The number of ether oxygens (including phenoxy) is 4. The number of rotatable bonds is 13. The minimum absolute atomic E-state index is 0.202. The van der Waals surface area contributed by atoms with Crippen molar-refractivity contribution in [2.75, 3.05) is 0 Å². The zero-order valence-corrected chi connectivity index (χ0v) is 25.1. The van der Waals surface area contributed by atoms with E-state index in [4.69, 9.17) is 35.6 Å². The Balaban J connectivity index is 1.39. The molecule has 0 N–H and O–H groups in total. The number of hydrogen-bond donors (Lipinski definition) is 0. The van der Waals surface area contributed by atoms with Gasteiger partial charge in [0.05, 0.1) is 25.9 Å². The first-order chi connectivity index (χ1) is 20.5. The summed E-state index contributed by atoms with van der Waals surface area (Å²) in [7, 11) is 2.20. The van der Waals surface area contributed by atoms with E-state index in [1.165, 1.54) is 0 Å². The van der Waals surface area contributed by atoms with Gasteiger partial charge in [0.25, 0.3) is 0 Å². The Hall–Kier alpha value is -2.13. The summed E-state index contributed by atoms with van der Waals surface area (Å²) >= 11 is 0. The zero-order valence-electron chi connectivity index (χ0n) is 24.2. The van der Waals surface area contributed by atoms with Gasteiger partial charge in [0.15, 0.2) is 7.82 Å². The second-order valence-electron chi connectivity index (χ2n) is 11.0. The minimum atomic E-state index is -3.98. The third kappa shape index (κ3) is 9.19. The zero-order chi connectivity index (χ0) is 29.2. The van der Waals surface area contributed by atoms with E-state index in [0.29, 0.717) is 13.2 Å². The monoisotopic (exact) mass is 590 g/mol. The maximum atomic E-state index is 13.5. The quantitative estimate of drug-likeness (QED) is 0.177. The summed E-state index contributed by atoms with van der Waals surface area (Å²) in [5.74, 6) is 0. The molecular formula is C33H40BO7P. The van der Waals surface area contributed by atoms with Crippen molar-refractivity contribution in [3.63, 3.8) is 0 Å². The molecule has 42 heavy (non-hydrogen) atoms. The van der Waals surface area contributed by atoms with E-state index in [1.807, 2.05) is 97.9 Å². The lowest BCUT2D eigenvalue weighted by atomic mass is 9.98. The lowest BCUT2D eigenvalue weighted by molar-refractivity contribution is -0.316. The average Bonchev–Trinajstić information content (AvgIpc) is 3.00. The van der Waals surface area contributed by atoms with Crippen LogP contribution in [0.5, 0.6) is 0 Å². The number of hydrogen-bond acceptors (Lipinski definition) is 7. The molecule has 2 aliphatic rings. The fraction of sp³-hybridized carbons (Fsp3) is 0.455. The molecule has 7 nitrogen and oxygen atoms in total. The first-order valence-corrected chi connectivity index (χ1v) is 16.5. The molecule has 6 atom stereocenters. The molecule has 1 unspecified atom stereocenters. The molecule has 1 aliphatic heterocycles. The van der Waals surface area contributed by atoms with E-state index in [1.54, 1.807) is 0 Å². The Kier molecular flexibility index (Phi) is 11.6. The minimum Gasteiger partial charge on any atom is -0.647 e. The molecule has 3 aromatic rings. The number of benzene rings is 3. The molecule has 222 valence electrons. The fourth-order valence-electron chi connectivity index (χ4n) is 5.50. The van der Waals surface area contributed by atoms with Crippen LogP contribution in [0.3, 0.4) is 0 Å². The van der Waals surface area contributed by atoms with E-state index < -0.39 is 38.5 Å². The van der Waals surface area contributed by atoms with E-state index in [-0.39, 0.29) is 12.7 Å². The first-order valence-electron chi connectivity index (χ1n) is 14.8. The summed E-state index contributed by atoms with van der Waals surface area (Å²) in [5, 5.41) is 0. The normalized spacial score (nSPS) is 26.5. The molecule has 1 aliphatic carbocycles. The van der Waals surface area contributed by atoms with Gasteiger partial charge in [-0.05, 0) is 36.5 Å². The lowest BCUT2D eigenvalue weighted by Gasteiger charge is -2.46. The van der Waals surface area contributed by atoms with E-state index >= 15 is 0 Å². The van der Waals surface area contributed by atoms with Crippen LogP contribution in [0.2, 0.25) is 0 Å². The molecular weight excluding hydrogens is 550 g/mol. The van der Waals surface area contributed by atoms with Crippen LogP contribution >= 0.6 is 7.82 Å². The van der Waals surface area contributed by atoms with Gasteiger partial charge in [-0.1, -0.05) is 110 Å². The smallest absolute Gasteiger partial charge is 0.437 e. The Bertz CT molecular complexity index is 1180. The lowest BCUT2D eigenvalue weighted by Crippen LogP contribution is -2.60. The van der Waals surface area contributed by atoms with Crippen molar-refractivity contribution in [1.29, 1.82) is 0 Å². The molecule has 0 amide bonds. The Labute approximate surface area is 251 Å². The van der Waals surface area contributed by atoms with Crippen molar-refractivity contribution in [3.05, 3.63) is 108 Å². The van der Waals surface area contributed by atoms with Crippen molar-refractivity contribution < 1.29 is 32.9 Å². The molecule has 9 heteroatoms. The molecule has 0 aromatic heterocycles. The SMILES string of the molecule is [B][P+]([O-])(OC1CCCCC1)O[C@@H]1O[C@@H](C)[C@H](OCc2ccccc2)[C@@H](OCc2ccccc2)[C@H]1OCc1ccccc1. The van der Waals surface area contributed by atoms with E-state index in [9.17, 15) is 4.89 Å². The van der Waals surface area contributed by atoms with Crippen LogP contribution in [0.25, 0.3) is 0 Å². The van der Waals surface area contributed by atoms with Crippen LogP contribution in [0, 0.1) is 0 Å². The van der Waals surface area contributed by atoms with Gasteiger partial charge in [-0.25, -0.2) is 4.52 Å². The van der Waals surface area contributed by atoms with Crippen LogP contribution in [0.1, 0.15) is 55.7 Å². The summed E-state index contributed by atoms with van der Waals surface area (Å²) in [6.07, 6.45) is 1.05. The second-order valence-corrected chi connectivity index (χ2v) is 12.5. The topological polar surface area (TPSA) is 78.4 Å². The summed E-state index contributed by atoms with van der Waals surface area (Å²) in [6, 6.07) is 29.7. The Morgan fingerprint density at radius 3 is 1.62 bits per heavy atom. The molecule has 2 radical (unpaired) electrons. The Morgan fingerprint density at radius 1 is 0.667 bits per heavy atom. The summed E-state index contributed by atoms with van der Waals surface area (Å²) in [4.78, 5) is 13.5. The molecule has 5 rings (SSSR count). The van der Waals surface area contributed by atoms with Crippen molar-refractivity contribution in [2.45, 2.75) is 95.7 Å². The largest absolute Gasteiger partial charge is 0.647 e. The van der Waals surface area contributed by atoms with E-state index in [2.05, 4.69) is 0 Å². The predicted octanol–water partition coefficient (Wildman–Crippen LogP) is 6.06. The fourth-order valence-corrected chi connectivity index (χ4v) is 6.64. The van der Waals surface area contributed by atoms with Gasteiger partial charge in [-0.2, -0.15) is 4.52 Å². The highest BCUT2D eigenvalue weighted by atomic mass is 31.2. The van der Waals surface area contributed by atoms with Gasteiger partial charge in [-0.3, -0.25) is 0 Å². The maximum Gasteiger partial charge on any atom is 0.437 e. The third-order valence-corrected chi connectivity index (χ3v) is 8.78. The second kappa shape index (κ2) is 15.6. The molecule has 0 spiro atoms. The Morgan fingerprint density at radius 2 is 1.12 bits per heavy atom. The van der Waals surface area contributed by atoms with Gasteiger partial charge < -0.3 is 23.8 Å². The molecule has 2 fully saturated rings. The van der Waals surface area contributed by atoms with Gasteiger partial charge in [-0.15, -0.1) is 0 Å². The molecule has 1 saturated heterocycles. The van der Waals surface area contributed by atoms with E-state index in [0.717, 1.165) is 48.8 Å². The first kappa shape index (κ1) is 31.3. The summed E-state index contributed by atoms with van der Waals surface area (Å²) in [5.41, 5.74) is 3.00. The highest BCUT2D eigenvalue weighted by molar-refractivity contribution is 7.84. The summed E-state index contributed by atoms with van der Waals surface area (Å²) < 4.78 is 37.6. The maximum absolute atomic E-state index is 13.5. The van der Waals surface area contributed by atoms with Crippen LogP contribution in [-0.4, -0.2) is 44.4 Å². The van der Waals surface area contributed by atoms with Gasteiger partial charge >= 0.3 is 7.57 Å². The standard InChI is InChI=1S/C33H40BO7P/c1-25-30(36-22-26-14-6-2-7-15-26)31(37-23-27-16-8-3-9-17-27)32(38-24-28-18-10-4-11-19-28)33(39-25)41-42(34,35)40-29-20-12-5-13-21-29/h2-4,6-11,14-19,25,29-33H,5,12-13,20-24H2,1H3/t25-,30-,31+,32+,33-,42?/m0/s1. The molecule has 0 bridgehead atoms. The van der Waals surface area contributed by atoms with Gasteiger partial charge in [0, 0.05) is 0 Å². The molecule has 1 saturated carbocycles. The van der Waals surface area contributed by atoms with Crippen LogP contribution in [-0.2, 0) is 47.8 Å². The molecule has 3 aromatic carbocycles. The average molecular weight is 590 g/mol.